The number of hydrogen-bond donors (Lipinski definition) is 1. The van der Waals surface area contributed by atoms with E-state index in [1.54, 1.807) is 14.0 Å². The van der Waals surface area contributed by atoms with Gasteiger partial charge in [-0.2, -0.15) is 0 Å². The minimum atomic E-state index is -0.628. The second-order valence-corrected chi connectivity index (χ2v) is 9.90. The Bertz CT molecular complexity index is 910. The molecule has 1 unspecified atom stereocenters. The van der Waals surface area contributed by atoms with Gasteiger partial charge in [0.2, 0.25) is 5.91 Å². The Labute approximate surface area is 195 Å². The Morgan fingerprint density at radius 1 is 1.13 bits per heavy atom. The first-order valence-electron chi connectivity index (χ1n) is 9.71. The number of amides is 2. The van der Waals surface area contributed by atoms with Crippen molar-refractivity contribution in [2.45, 2.75) is 45.7 Å². The molecule has 0 bridgehead atoms. The van der Waals surface area contributed by atoms with E-state index in [0.29, 0.717) is 12.3 Å². The molecule has 0 heterocycles. The fourth-order valence-electron chi connectivity index (χ4n) is 2.93. The summed E-state index contributed by atoms with van der Waals surface area (Å²) in [5, 5.41) is 2.61. The first-order valence-corrected chi connectivity index (χ1v) is 11.3. The van der Waals surface area contributed by atoms with Gasteiger partial charge in [-0.25, -0.2) is 0 Å². The highest BCUT2D eigenvalue weighted by molar-refractivity contribution is 9.10. The predicted octanol–water partition coefficient (Wildman–Crippen LogP) is 5.05. The van der Waals surface area contributed by atoms with E-state index in [1.165, 1.54) is 4.90 Å². The number of rotatable bonds is 7. The van der Waals surface area contributed by atoms with Gasteiger partial charge in [-0.3, -0.25) is 9.59 Å². The summed E-state index contributed by atoms with van der Waals surface area (Å²) in [7, 11) is 1.56. The van der Waals surface area contributed by atoms with Gasteiger partial charge >= 0.3 is 0 Å². The maximum absolute atomic E-state index is 13.0. The summed E-state index contributed by atoms with van der Waals surface area (Å²) in [5.41, 5.74) is 2.10. The number of nitrogens with zero attached hydrogens (tertiary/aromatic N) is 1. The lowest BCUT2D eigenvalue weighted by Gasteiger charge is -2.28. The summed E-state index contributed by atoms with van der Waals surface area (Å²) in [5.74, 6) is 0.0956. The molecule has 0 radical (unpaired) electrons. The van der Waals surface area contributed by atoms with Crippen molar-refractivity contribution in [1.29, 1.82) is 0 Å². The van der Waals surface area contributed by atoms with Crippen LogP contribution in [0.4, 0.5) is 0 Å². The van der Waals surface area contributed by atoms with Gasteiger partial charge in [-0.15, -0.1) is 0 Å². The first kappa shape index (κ1) is 24.4. The van der Waals surface area contributed by atoms with Crippen LogP contribution in [0.15, 0.2) is 51.4 Å². The summed E-state index contributed by atoms with van der Waals surface area (Å²) >= 11 is 6.98. The highest BCUT2D eigenvalue weighted by Gasteiger charge is 2.26. The lowest BCUT2D eigenvalue weighted by Crippen LogP contribution is -2.48. The van der Waals surface area contributed by atoms with Crippen molar-refractivity contribution in [2.24, 2.45) is 0 Å². The zero-order valence-electron chi connectivity index (χ0n) is 18.0. The Kier molecular flexibility index (Phi) is 8.50. The van der Waals surface area contributed by atoms with Gasteiger partial charge in [0.25, 0.3) is 5.91 Å². The first-order chi connectivity index (χ1) is 14.0. The van der Waals surface area contributed by atoms with Crippen molar-refractivity contribution in [1.82, 2.24) is 10.2 Å². The van der Waals surface area contributed by atoms with Gasteiger partial charge < -0.3 is 15.0 Å². The van der Waals surface area contributed by atoms with Crippen molar-refractivity contribution in [3.63, 3.8) is 0 Å². The smallest absolute Gasteiger partial charge is 0.261 e. The Morgan fingerprint density at radius 2 is 1.83 bits per heavy atom. The monoisotopic (exact) mass is 538 g/mol. The number of carbonyl (C=O) groups is 2. The van der Waals surface area contributed by atoms with Crippen molar-refractivity contribution >= 4 is 43.7 Å². The van der Waals surface area contributed by atoms with E-state index in [4.69, 9.17) is 4.74 Å². The van der Waals surface area contributed by atoms with Crippen molar-refractivity contribution in [2.75, 3.05) is 13.7 Å². The lowest BCUT2D eigenvalue weighted by molar-refractivity contribution is -0.142. The Morgan fingerprint density at radius 3 is 2.40 bits per heavy atom. The molecule has 0 saturated heterocycles. The van der Waals surface area contributed by atoms with Gasteiger partial charge in [0.15, 0.2) is 6.61 Å². The normalized spacial score (nSPS) is 12.2. The summed E-state index contributed by atoms with van der Waals surface area (Å²) in [6.07, 6.45) is 0. The zero-order valence-corrected chi connectivity index (χ0v) is 21.1. The quantitative estimate of drug-likeness (QED) is 0.535. The molecule has 0 aliphatic rings. The lowest BCUT2D eigenvalue weighted by atomic mass is 9.87. The molecule has 0 spiro atoms. The number of ether oxygens (including phenoxy) is 1. The van der Waals surface area contributed by atoms with Gasteiger partial charge in [0, 0.05) is 18.1 Å². The predicted molar refractivity (Wildman–Crippen MR) is 127 cm³/mol. The molecule has 0 fully saturated rings. The second-order valence-electron chi connectivity index (χ2n) is 8.13. The molecule has 2 rings (SSSR count). The van der Waals surface area contributed by atoms with Gasteiger partial charge in [-0.1, -0.05) is 54.9 Å². The molecule has 2 aromatic carbocycles. The maximum atomic E-state index is 13.0. The summed E-state index contributed by atoms with van der Waals surface area (Å²) < 4.78 is 7.50. The Hall–Kier alpha value is -1.86. The fraction of sp³-hybridized carbons (Fsp3) is 0.391. The molecule has 0 aliphatic carbocycles. The molecule has 0 aliphatic heterocycles. The highest BCUT2D eigenvalue weighted by Crippen LogP contribution is 2.31. The van der Waals surface area contributed by atoms with Crippen LogP contribution in [-0.2, 0) is 21.5 Å². The summed E-state index contributed by atoms with van der Waals surface area (Å²) in [4.78, 5) is 26.7. The maximum Gasteiger partial charge on any atom is 0.261 e. The van der Waals surface area contributed by atoms with Crippen LogP contribution < -0.4 is 10.1 Å². The van der Waals surface area contributed by atoms with E-state index >= 15 is 0 Å². The van der Waals surface area contributed by atoms with Gasteiger partial charge in [0.1, 0.15) is 11.8 Å². The van der Waals surface area contributed by atoms with Crippen LogP contribution in [0, 0.1) is 0 Å². The summed E-state index contributed by atoms with van der Waals surface area (Å²) in [6, 6.07) is 12.9. The zero-order chi connectivity index (χ0) is 22.5. The molecule has 2 aromatic rings. The molecule has 5 nitrogen and oxygen atoms in total. The molecular weight excluding hydrogens is 512 g/mol. The number of halogens is 2. The van der Waals surface area contributed by atoms with Gasteiger partial charge in [-0.05, 0) is 63.7 Å². The third-order valence-electron chi connectivity index (χ3n) is 4.80. The number of likely N-dealkylation sites (N-methyl/N-ethyl adjacent to an activating group) is 1. The van der Waals surface area contributed by atoms with E-state index in [-0.39, 0.29) is 23.8 Å². The number of nitrogens with one attached hydrogen (secondary N) is 1. The molecule has 0 aromatic heterocycles. The van der Waals surface area contributed by atoms with E-state index in [1.807, 2.05) is 42.5 Å². The van der Waals surface area contributed by atoms with Crippen molar-refractivity contribution < 1.29 is 14.3 Å². The van der Waals surface area contributed by atoms with E-state index in [9.17, 15) is 9.59 Å². The van der Waals surface area contributed by atoms with Crippen LogP contribution in [-0.4, -0.2) is 36.4 Å². The van der Waals surface area contributed by atoms with Crippen LogP contribution in [0.1, 0.15) is 38.8 Å². The standard InChI is InChI=1S/C23H28Br2N2O3/c1-15(22(29)26-5)27(13-16-7-6-8-18(24)11-16)21(28)14-30-20-10-9-17(12-19(20)25)23(2,3)4/h6-12,15H,13-14H2,1-5H3,(H,26,29). The topological polar surface area (TPSA) is 58.6 Å². The largest absolute Gasteiger partial charge is 0.483 e. The number of carbonyl (C=O) groups excluding carboxylic acids is 2. The van der Waals surface area contributed by atoms with Crippen LogP contribution in [0.25, 0.3) is 0 Å². The van der Waals surface area contributed by atoms with Crippen LogP contribution in [0.3, 0.4) is 0 Å². The van der Waals surface area contributed by atoms with Crippen LogP contribution in [0.5, 0.6) is 5.75 Å². The average molecular weight is 540 g/mol. The minimum absolute atomic E-state index is 0.0145. The van der Waals surface area contributed by atoms with Crippen molar-refractivity contribution in [3.05, 3.63) is 62.5 Å². The molecule has 7 heteroatoms. The van der Waals surface area contributed by atoms with E-state index in [2.05, 4.69) is 57.9 Å². The van der Waals surface area contributed by atoms with Crippen LogP contribution in [0.2, 0.25) is 0 Å². The molecule has 162 valence electrons. The summed E-state index contributed by atoms with van der Waals surface area (Å²) in [6.45, 7) is 8.27. The molecule has 0 saturated carbocycles. The average Bonchev–Trinajstić information content (AvgIpc) is 2.69. The molecule has 2 amide bonds. The Balaban J connectivity index is 2.17. The van der Waals surface area contributed by atoms with Crippen LogP contribution >= 0.6 is 31.9 Å². The third kappa shape index (κ3) is 6.57. The van der Waals surface area contributed by atoms with Gasteiger partial charge in [0.05, 0.1) is 4.47 Å². The minimum Gasteiger partial charge on any atom is -0.483 e. The van der Waals surface area contributed by atoms with E-state index in [0.717, 1.165) is 20.1 Å². The third-order valence-corrected chi connectivity index (χ3v) is 5.92. The molecule has 30 heavy (non-hydrogen) atoms. The highest BCUT2D eigenvalue weighted by atomic mass is 79.9. The molecular formula is C23H28Br2N2O3. The molecule has 1 atom stereocenters. The SMILES string of the molecule is CNC(=O)C(C)N(Cc1cccc(Br)c1)C(=O)COc1ccc(C(C)(C)C)cc1Br. The number of hydrogen-bond acceptors (Lipinski definition) is 3. The van der Waals surface area contributed by atoms with Crippen molar-refractivity contribution in [3.8, 4) is 5.75 Å². The second kappa shape index (κ2) is 10.4. The van der Waals surface area contributed by atoms with E-state index < -0.39 is 6.04 Å². The fourth-order valence-corrected chi connectivity index (χ4v) is 3.87. The molecule has 1 N–H and O–H groups in total. The number of benzene rings is 2.